The number of nitrogens with two attached hydrogens (primary N) is 1. The van der Waals surface area contributed by atoms with Crippen molar-refractivity contribution in [1.29, 1.82) is 0 Å². The highest BCUT2D eigenvalue weighted by Crippen LogP contribution is 2.29. The molecule has 0 bridgehead atoms. The van der Waals surface area contributed by atoms with Crippen LogP contribution >= 0.6 is 0 Å². The van der Waals surface area contributed by atoms with Crippen LogP contribution in [0.25, 0.3) is 0 Å². The van der Waals surface area contributed by atoms with Crippen LogP contribution in [0, 0.1) is 20.2 Å². The molecule has 3 N–H and O–H groups in total. The quantitative estimate of drug-likeness (QED) is 0.478. The summed E-state index contributed by atoms with van der Waals surface area (Å²) in [5.41, 5.74) is 4.06. The molecule has 0 spiro atoms. The fraction of sp³-hybridized carbons (Fsp3) is 0. The zero-order valence-electron chi connectivity index (χ0n) is 11.4. The SMILES string of the molecule is Nc1ccc(NS(=O)(=O)c2ccccc2[N+](=O)[O-])cc1[N+](=O)[O-]. The maximum atomic E-state index is 12.3. The van der Waals surface area contributed by atoms with E-state index in [1.807, 2.05) is 0 Å². The van der Waals surface area contributed by atoms with E-state index in [1.54, 1.807) is 0 Å². The summed E-state index contributed by atoms with van der Waals surface area (Å²) in [6.45, 7) is 0. The monoisotopic (exact) mass is 338 g/mol. The average molecular weight is 338 g/mol. The third-order valence-corrected chi connectivity index (χ3v) is 4.26. The van der Waals surface area contributed by atoms with E-state index in [9.17, 15) is 28.6 Å². The zero-order valence-corrected chi connectivity index (χ0v) is 12.2. The van der Waals surface area contributed by atoms with Crippen molar-refractivity contribution in [3.8, 4) is 0 Å². The Kier molecular flexibility index (Phi) is 4.14. The second kappa shape index (κ2) is 5.88. The first-order chi connectivity index (χ1) is 10.7. The summed E-state index contributed by atoms with van der Waals surface area (Å²) in [6.07, 6.45) is 0. The summed E-state index contributed by atoms with van der Waals surface area (Å²) in [5, 5.41) is 21.7. The van der Waals surface area contributed by atoms with Gasteiger partial charge in [-0.3, -0.25) is 25.0 Å². The van der Waals surface area contributed by atoms with Crippen molar-refractivity contribution in [3.63, 3.8) is 0 Å². The molecule has 0 saturated carbocycles. The molecule has 0 unspecified atom stereocenters. The molecule has 2 aromatic carbocycles. The van der Waals surface area contributed by atoms with E-state index in [4.69, 9.17) is 5.73 Å². The molecular weight excluding hydrogens is 328 g/mol. The van der Waals surface area contributed by atoms with Gasteiger partial charge in [-0.15, -0.1) is 0 Å². The first-order valence-corrected chi connectivity index (χ1v) is 7.51. The average Bonchev–Trinajstić information content (AvgIpc) is 2.48. The molecule has 0 aliphatic rings. The largest absolute Gasteiger partial charge is 0.393 e. The van der Waals surface area contributed by atoms with Crippen LogP contribution in [0.5, 0.6) is 0 Å². The van der Waals surface area contributed by atoms with Gasteiger partial charge in [0, 0.05) is 12.1 Å². The van der Waals surface area contributed by atoms with Crippen LogP contribution in [0.3, 0.4) is 0 Å². The van der Waals surface area contributed by atoms with Crippen molar-refractivity contribution < 1.29 is 18.3 Å². The second-order valence-corrected chi connectivity index (χ2v) is 6.01. The number of nitro groups is 2. The lowest BCUT2D eigenvalue weighted by Gasteiger charge is -2.09. The molecule has 0 radical (unpaired) electrons. The summed E-state index contributed by atoms with van der Waals surface area (Å²) >= 11 is 0. The Hall–Kier alpha value is -3.21. The van der Waals surface area contributed by atoms with Crippen LogP contribution in [0.1, 0.15) is 0 Å². The van der Waals surface area contributed by atoms with E-state index in [0.717, 1.165) is 24.3 Å². The summed E-state index contributed by atoms with van der Waals surface area (Å²) < 4.78 is 26.6. The van der Waals surface area contributed by atoms with Gasteiger partial charge in [-0.05, 0) is 18.2 Å². The van der Waals surface area contributed by atoms with Gasteiger partial charge in [-0.2, -0.15) is 0 Å². The number of nitrogens with one attached hydrogen (secondary N) is 1. The van der Waals surface area contributed by atoms with E-state index in [-0.39, 0.29) is 11.4 Å². The first-order valence-electron chi connectivity index (χ1n) is 6.02. The van der Waals surface area contributed by atoms with Crippen LogP contribution in [0.15, 0.2) is 47.4 Å². The first kappa shape index (κ1) is 16.2. The molecular formula is C12H10N4O6S. The second-order valence-electron chi connectivity index (χ2n) is 4.36. The summed E-state index contributed by atoms with van der Waals surface area (Å²) in [5.74, 6) is 0. The Labute approximate surface area is 129 Å². The highest BCUT2D eigenvalue weighted by molar-refractivity contribution is 7.92. The maximum Gasteiger partial charge on any atom is 0.294 e. The van der Waals surface area contributed by atoms with Gasteiger partial charge in [0.05, 0.1) is 15.5 Å². The zero-order chi connectivity index (χ0) is 17.2. The van der Waals surface area contributed by atoms with Gasteiger partial charge in [-0.25, -0.2) is 8.42 Å². The number of hydrogen-bond donors (Lipinski definition) is 2. The highest BCUT2D eigenvalue weighted by Gasteiger charge is 2.25. The van der Waals surface area contributed by atoms with E-state index in [0.29, 0.717) is 0 Å². The molecule has 0 saturated heterocycles. The van der Waals surface area contributed by atoms with Crippen molar-refractivity contribution in [2.45, 2.75) is 4.90 Å². The standard InChI is InChI=1S/C12H10N4O6S/c13-9-6-5-8(7-11(9)16(19)20)14-23(21,22)12-4-2-1-3-10(12)15(17)18/h1-7,14H,13H2. The van der Waals surface area contributed by atoms with Crippen molar-refractivity contribution in [2.24, 2.45) is 0 Å². The van der Waals surface area contributed by atoms with Crippen LogP contribution < -0.4 is 10.5 Å². The topological polar surface area (TPSA) is 158 Å². The molecule has 0 amide bonds. The third-order valence-electron chi connectivity index (χ3n) is 2.83. The third kappa shape index (κ3) is 3.35. The molecule has 10 nitrogen and oxygen atoms in total. The van der Waals surface area contributed by atoms with Crippen LogP contribution in [0.2, 0.25) is 0 Å². The number of anilines is 2. The number of benzene rings is 2. The number of nitrogen functional groups attached to an aromatic ring is 1. The van der Waals surface area contributed by atoms with Gasteiger partial charge < -0.3 is 5.73 Å². The summed E-state index contributed by atoms with van der Waals surface area (Å²) in [4.78, 5) is 19.6. The number of nitrogens with zero attached hydrogens (tertiary/aromatic N) is 2. The molecule has 2 aromatic rings. The molecule has 0 heterocycles. The number of hydrogen-bond acceptors (Lipinski definition) is 7. The van der Waals surface area contributed by atoms with E-state index in [2.05, 4.69) is 4.72 Å². The van der Waals surface area contributed by atoms with Gasteiger partial charge in [0.2, 0.25) is 0 Å². The minimum Gasteiger partial charge on any atom is -0.393 e. The van der Waals surface area contributed by atoms with Crippen molar-refractivity contribution >= 4 is 32.8 Å². The Bertz CT molecular complexity index is 896. The van der Waals surface area contributed by atoms with E-state index < -0.39 is 36.1 Å². The lowest BCUT2D eigenvalue weighted by atomic mass is 10.2. The van der Waals surface area contributed by atoms with Crippen molar-refractivity contribution in [2.75, 3.05) is 10.5 Å². The van der Waals surface area contributed by atoms with Gasteiger partial charge in [0.1, 0.15) is 5.69 Å². The molecule has 0 aliphatic carbocycles. The number of para-hydroxylation sites is 1. The van der Waals surface area contributed by atoms with Crippen LogP contribution in [-0.4, -0.2) is 18.3 Å². The Morgan fingerprint density at radius 2 is 1.57 bits per heavy atom. The molecule has 0 atom stereocenters. The fourth-order valence-electron chi connectivity index (χ4n) is 1.81. The predicted octanol–water partition coefficient (Wildman–Crippen LogP) is 1.89. The van der Waals surface area contributed by atoms with Crippen molar-refractivity contribution in [1.82, 2.24) is 0 Å². The van der Waals surface area contributed by atoms with E-state index in [1.165, 1.54) is 18.2 Å². The summed E-state index contributed by atoms with van der Waals surface area (Å²) in [7, 11) is -4.30. The molecule has 120 valence electrons. The fourth-order valence-corrected chi connectivity index (χ4v) is 3.03. The molecule has 11 heteroatoms. The lowest BCUT2D eigenvalue weighted by Crippen LogP contribution is -2.15. The summed E-state index contributed by atoms with van der Waals surface area (Å²) in [6, 6.07) is 8.07. The number of rotatable bonds is 5. The molecule has 23 heavy (non-hydrogen) atoms. The van der Waals surface area contributed by atoms with Crippen LogP contribution in [-0.2, 0) is 10.0 Å². The molecule has 0 fully saturated rings. The van der Waals surface area contributed by atoms with Gasteiger partial charge in [0.25, 0.3) is 21.4 Å². The number of nitro benzene ring substituents is 2. The minimum atomic E-state index is -4.30. The minimum absolute atomic E-state index is 0.135. The van der Waals surface area contributed by atoms with Gasteiger partial charge >= 0.3 is 0 Å². The van der Waals surface area contributed by atoms with E-state index >= 15 is 0 Å². The molecule has 0 aromatic heterocycles. The molecule has 2 rings (SSSR count). The van der Waals surface area contributed by atoms with Gasteiger partial charge in [-0.1, -0.05) is 12.1 Å². The van der Waals surface area contributed by atoms with Crippen LogP contribution in [0.4, 0.5) is 22.7 Å². The van der Waals surface area contributed by atoms with Gasteiger partial charge in [0.15, 0.2) is 4.90 Å². The Balaban J connectivity index is 2.46. The van der Waals surface area contributed by atoms with Crippen molar-refractivity contribution in [3.05, 3.63) is 62.7 Å². The predicted molar refractivity (Wildman–Crippen MR) is 81.4 cm³/mol. The number of sulfonamides is 1. The Morgan fingerprint density at radius 3 is 2.17 bits per heavy atom. The Morgan fingerprint density at radius 1 is 0.957 bits per heavy atom. The molecule has 0 aliphatic heterocycles. The lowest BCUT2D eigenvalue weighted by molar-refractivity contribution is -0.387. The highest BCUT2D eigenvalue weighted by atomic mass is 32.2. The normalized spacial score (nSPS) is 11.0. The maximum absolute atomic E-state index is 12.3. The smallest absolute Gasteiger partial charge is 0.294 e.